The summed E-state index contributed by atoms with van der Waals surface area (Å²) in [7, 11) is -1.86. The molecule has 1 heterocycles. The standard InChI is InChI=1S/C22H28N2O5S/c1-17-7-8-21(28-2)20(13-17)14-22(25)23-15-18-5-3-4-6-19(18)16-30(26,27)24-9-11-29-12-10-24/h3-8,13H,9-12,14-16H2,1-2H3,(H,23,25). The second kappa shape index (κ2) is 10.1. The van der Waals surface area contributed by atoms with Gasteiger partial charge < -0.3 is 14.8 Å². The van der Waals surface area contributed by atoms with Gasteiger partial charge in [-0.3, -0.25) is 4.79 Å². The van der Waals surface area contributed by atoms with Crippen molar-refractivity contribution in [2.45, 2.75) is 25.6 Å². The predicted molar refractivity (Wildman–Crippen MR) is 115 cm³/mol. The molecule has 0 radical (unpaired) electrons. The number of nitrogens with zero attached hydrogens (tertiary/aromatic N) is 1. The van der Waals surface area contributed by atoms with Crippen LogP contribution in [-0.2, 0) is 38.3 Å². The van der Waals surface area contributed by atoms with Crippen LogP contribution < -0.4 is 10.1 Å². The Morgan fingerprint density at radius 3 is 2.50 bits per heavy atom. The van der Waals surface area contributed by atoms with Gasteiger partial charge >= 0.3 is 0 Å². The van der Waals surface area contributed by atoms with Crippen molar-refractivity contribution in [1.29, 1.82) is 0 Å². The zero-order valence-electron chi connectivity index (χ0n) is 17.4. The first-order valence-electron chi connectivity index (χ1n) is 9.91. The van der Waals surface area contributed by atoms with Gasteiger partial charge in [0, 0.05) is 25.2 Å². The Labute approximate surface area is 178 Å². The van der Waals surface area contributed by atoms with Crippen molar-refractivity contribution >= 4 is 15.9 Å². The minimum Gasteiger partial charge on any atom is -0.496 e. The monoisotopic (exact) mass is 432 g/mol. The number of rotatable bonds is 8. The summed E-state index contributed by atoms with van der Waals surface area (Å²) in [6.45, 7) is 3.81. The fraction of sp³-hybridized carbons (Fsp3) is 0.409. The van der Waals surface area contributed by atoms with Gasteiger partial charge in [0.25, 0.3) is 0 Å². The van der Waals surface area contributed by atoms with E-state index in [4.69, 9.17) is 9.47 Å². The molecule has 0 atom stereocenters. The third-order valence-corrected chi connectivity index (χ3v) is 6.91. The van der Waals surface area contributed by atoms with E-state index in [0.717, 1.165) is 16.7 Å². The van der Waals surface area contributed by atoms with Gasteiger partial charge in [-0.25, -0.2) is 8.42 Å². The highest BCUT2D eigenvalue weighted by atomic mass is 32.2. The van der Waals surface area contributed by atoms with Crippen LogP contribution in [0.5, 0.6) is 5.75 Å². The summed E-state index contributed by atoms with van der Waals surface area (Å²) in [4.78, 5) is 12.5. The molecule has 1 amide bonds. The van der Waals surface area contributed by atoms with Crippen molar-refractivity contribution in [2.24, 2.45) is 0 Å². The van der Waals surface area contributed by atoms with E-state index < -0.39 is 10.0 Å². The van der Waals surface area contributed by atoms with Crippen LogP contribution in [0.1, 0.15) is 22.3 Å². The minimum absolute atomic E-state index is 0.0925. The summed E-state index contributed by atoms with van der Waals surface area (Å²) in [5, 5.41) is 2.90. The first-order valence-corrected chi connectivity index (χ1v) is 11.5. The number of hydrogen-bond acceptors (Lipinski definition) is 5. The molecule has 3 rings (SSSR count). The number of hydrogen-bond donors (Lipinski definition) is 1. The normalized spacial score (nSPS) is 15.0. The Hall–Kier alpha value is -2.42. The predicted octanol–water partition coefficient (Wildman–Crippen LogP) is 2.02. The molecule has 0 aromatic heterocycles. The number of aryl methyl sites for hydroxylation is 1. The molecule has 1 saturated heterocycles. The number of amides is 1. The fourth-order valence-corrected chi connectivity index (χ4v) is 5.02. The van der Waals surface area contributed by atoms with Crippen LogP contribution in [0.4, 0.5) is 0 Å². The van der Waals surface area contributed by atoms with Crippen molar-refractivity contribution in [3.8, 4) is 5.75 Å². The highest BCUT2D eigenvalue weighted by Gasteiger charge is 2.25. The van der Waals surface area contributed by atoms with Crippen LogP contribution in [0.25, 0.3) is 0 Å². The Bertz CT molecular complexity index is 985. The van der Waals surface area contributed by atoms with E-state index >= 15 is 0 Å². The number of sulfonamides is 1. The van der Waals surface area contributed by atoms with Crippen molar-refractivity contribution in [2.75, 3.05) is 33.4 Å². The maximum absolute atomic E-state index is 12.8. The first-order chi connectivity index (χ1) is 14.4. The summed E-state index contributed by atoms with van der Waals surface area (Å²) >= 11 is 0. The number of methoxy groups -OCH3 is 1. The van der Waals surface area contributed by atoms with Crippen LogP contribution in [0.3, 0.4) is 0 Å². The maximum atomic E-state index is 12.8. The minimum atomic E-state index is -3.44. The molecule has 2 aromatic rings. The van der Waals surface area contributed by atoms with Crippen molar-refractivity contribution in [3.05, 3.63) is 64.7 Å². The molecule has 0 bridgehead atoms. The Balaban J connectivity index is 1.65. The number of benzene rings is 2. The molecular weight excluding hydrogens is 404 g/mol. The Morgan fingerprint density at radius 1 is 1.10 bits per heavy atom. The summed E-state index contributed by atoms with van der Waals surface area (Å²) in [5.74, 6) is 0.433. The molecule has 7 nitrogen and oxygen atoms in total. The topological polar surface area (TPSA) is 84.9 Å². The maximum Gasteiger partial charge on any atom is 0.224 e. The lowest BCUT2D eigenvalue weighted by atomic mass is 10.1. The first kappa shape index (κ1) is 22.3. The summed E-state index contributed by atoms with van der Waals surface area (Å²) < 4.78 is 37.6. The van der Waals surface area contributed by atoms with Crippen molar-refractivity contribution in [3.63, 3.8) is 0 Å². The van der Waals surface area contributed by atoms with E-state index in [1.54, 1.807) is 13.2 Å². The highest BCUT2D eigenvalue weighted by molar-refractivity contribution is 7.88. The van der Waals surface area contributed by atoms with Gasteiger partial charge in [-0.05, 0) is 24.1 Å². The summed E-state index contributed by atoms with van der Waals surface area (Å²) in [6, 6.07) is 13.0. The van der Waals surface area contributed by atoms with E-state index in [1.165, 1.54) is 4.31 Å². The zero-order valence-corrected chi connectivity index (χ0v) is 18.2. The van der Waals surface area contributed by atoms with Crippen LogP contribution >= 0.6 is 0 Å². The van der Waals surface area contributed by atoms with E-state index in [0.29, 0.717) is 37.6 Å². The van der Waals surface area contributed by atoms with Crippen molar-refractivity contribution in [1.82, 2.24) is 9.62 Å². The van der Waals surface area contributed by atoms with Crippen molar-refractivity contribution < 1.29 is 22.7 Å². The lowest BCUT2D eigenvalue weighted by Crippen LogP contribution is -2.41. The molecule has 0 unspecified atom stereocenters. The lowest BCUT2D eigenvalue weighted by molar-refractivity contribution is -0.120. The molecule has 1 aliphatic rings. The molecule has 30 heavy (non-hydrogen) atoms. The van der Waals surface area contributed by atoms with Gasteiger partial charge in [0.05, 0.1) is 32.5 Å². The molecule has 0 spiro atoms. The van der Waals surface area contributed by atoms with Gasteiger partial charge in [-0.2, -0.15) is 4.31 Å². The van der Waals surface area contributed by atoms with Gasteiger partial charge in [-0.1, -0.05) is 42.0 Å². The summed E-state index contributed by atoms with van der Waals surface area (Å²) in [5.41, 5.74) is 3.35. The second-order valence-corrected chi connectivity index (χ2v) is 9.27. The molecule has 0 saturated carbocycles. The second-order valence-electron chi connectivity index (χ2n) is 7.31. The zero-order chi connectivity index (χ0) is 21.6. The molecule has 1 fully saturated rings. The molecule has 0 aliphatic carbocycles. The number of morpholine rings is 1. The number of nitrogens with one attached hydrogen (secondary N) is 1. The Morgan fingerprint density at radius 2 is 1.80 bits per heavy atom. The van der Waals surface area contributed by atoms with Gasteiger partial charge in [0.1, 0.15) is 5.75 Å². The summed E-state index contributed by atoms with van der Waals surface area (Å²) in [6.07, 6.45) is 0.194. The van der Waals surface area contributed by atoms with Gasteiger partial charge in [0.15, 0.2) is 0 Å². The van der Waals surface area contributed by atoms with Crippen LogP contribution in [-0.4, -0.2) is 52.0 Å². The van der Waals surface area contributed by atoms with Gasteiger partial charge in [-0.15, -0.1) is 0 Å². The average Bonchev–Trinajstić information content (AvgIpc) is 2.74. The van der Waals surface area contributed by atoms with E-state index in [-0.39, 0.29) is 24.6 Å². The molecule has 1 N–H and O–H groups in total. The van der Waals surface area contributed by atoms with Crippen LogP contribution in [0, 0.1) is 6.92 Å². The largest absolute Gasteiger partial charge is 0.496 e. The lowest BCUT2D eigenvalue weighted by Gasteiger charge is -2.26. The number of ether oxygens (including phenoxy) is 2. The molecule has 2 aromatic carbocycles. The van der Waals surface area contributed by atoms with E-state index in [2.05, 4.69) is 5.32 Å². The number of carbonyl (C=O) groups excluding carboxylic acids is 1. The fourth-order valence-electron chi connectivity index (χ4n) is 3.46. The van der Waals surface area contributed by atoms with Gasteiger partial charge in [0.2, 0.25) is 15.9 Å². The van der Waals surface area contributed by atoms with Crippen LogP contribution in [0.2, 0.25) is 0 Å². The van der Waals surface area contributed by atoms with E-state index in [1.807, 2.05) is 43.3 Å². The molecular formula is C22H28N2O5S. The quantitative estimate of drug-likeness (QED) is 0.690. The Kier molecular flexibility index (Phi) is 7.47. The number of carbonyl (C=O) groups is 1. The highest BCUT2D eigenvalue weighted by Crippen LogP contribution is 2.20. The third kappa shape index (κ3) is 5.81. The third-order valence-electron chi connectivity index (χ3n) is 5.08. The molecule has 162 valence electrons. The van der Waals surface area contributed by atoms with Crippen LogP contribution in [0.15, 0.2) is 42.5 Å². The molecule has 1 aliphatic heterocycles. The van der Waals surface area contributed by atoms with E-state index in [9.17, 15) is 13.2 Å². The molecule has 8 heteroatoms. The SMILES string of the molecule is COc1ccc(C)cc1CC(=O)NCc1ccccc1CS(=O)(=O)N1CCOCC1. The smallest absolute Gasteiger partial charge is 0.224 e. The average molecular weight is 433 g/mol.